The molecule has 2 N–H and O–H groups in total. The molecule has 4 nitrogen and oxygen atoms in total. The van der Waals surface area contributed by atoms with Crippen LogP contribution in [0, 0.1) is 6.92 Å². The summed E-state index contributed by atoms with van der Waals surface area (Å²) in [6, 6.07) is 9.02. The number of phenols is 2. The molecule has 0 heterocycles. The zero-order valence-electron chi connectivity index (χ0n) is 11.8. The van der Waals surface area contributed by atoms with Gasteiger partial charge in [0.05, 0.1) is 14.2 Å². The lowest BCUT2D eigenvalue weighted by Gasteiger charge is -2.12. The molecule has 2 aromatic carbocycles. The quantitative estimate of drug-likeness (QED) is 0.899. The van der Waals surface area contributed by atoms with Gasteiger partial charge in [-0.2, -0.15) is 0 Å². The van der Waals surface area contributed by atoms with E-state index >= 15 is 0 Å². The maximum atomic E-state index is 10.1. The molecule has 2 rings (SSSR count). The fraction of sp³-hybridized carbons (Fsp3) is 0.250. The van der Waals surface area contributed by atoms with Gasteiger partial charge in [0.2, 0.25) is 0 Å². The number of methoxy groups -OCH3 is 2. The van der Waals surface area contributed by atoms with Crippen molar-refractivity contribution in [3.63, 3.8) is 0 Å². The molecule has 0 saturated carbocycles. The third-order valence-electron chi connectivity index (χ3n) is 3.24. The second-order valence-corrected chi connectivity index (χ2v) is 4.61. The van der Waals surface area contributed by atoms with Gasteiger partial charge in [0.1, 0.15) is 0 Å². The van der Waals surface area contributed by atoms with E-state index in [-0.39, 0.29) is 11.5 Å². The summed E-state index contributed by atoms with van der Waals surface area (Å²) in [6.45, 7) is 1.81. The Bertz CT molecular complexity index is 620. The highest BCUT2D eigenvalue weighted by molar-refractivity contribution is 5.51. The molecule has 20 heavy (non-hydrogen) atoms. The molecule has 4 heteroatoms. The molecule has 0 aromatic heterocycles. The van der Waals surface area contributed by atoms with Crippen molar-refractivity contribution in [3.8, 4) is 23.0 Å². The average Bonchev–Trinajstić information content (AvgIpc) is 2.45. The molecule has 0 atom stereocenters. The van der Waals surface area contributed by atoms with Crippen LogP contribution in [0.5, 0.6) is 23.0 Å². The van der Waals surface area contributed by atoms with Crippen LogP contribution in [0.25, 0.3) is 0 Å². The highest BCUT2D eigenvalue weighted by Crippen LogP contribution is 2.34. The summed E-state index contributed by atoms with van der Waals surface area (Å²) in [4.78, 5) is 0. The Balaban J connectivity index is 2.38. The van der Waals surface area contributed by atoms with Crippen molar-refractivity contribution in [1.82, 2.24) is 0 Å². The Hall–Kier alpha value is -2.36. The summed E-state index contributed by atoms with van der Waals surface area (Å²) in [5.74, 6) is 1.16. The van der Waals surface area contributed by atoms with Gasteiger partial charge in [-0.15, -0.1) is 0 Å². The zero-order valence-corrected chi connectivity index (χ0v) is 11.8. The molecule has 0 aliphatic rings. The number of aryl methyl sites for hydroxylation is 1. The van der Waals surface area contributed by atoms with E-state index in [0.717, 1.165) is 16.7 Å². The van der Waals surface area contributed by atoms with Crippen LogP contribution in [0.2, 0.25) is 0 Å². The van der Waals surface area contributed by atoms with E-state index in [2.05, 4.69) is 0 Å². The van der Waals surface area contributed by atoms with Crippen molar-refractivity contribution in [2.75, 3.05) is 14.2 Å². The first-order valence-electron chi connectivity index (χ1n) is 6.28. The molecule has 0 aliphatic heterocycles. The van der Waals surface area contributed by atoms with E-state index in [1.54, 1.807) is 12.1 Å². The van der Waals surface area contributed by atoms with Crippen molar-refractivity contribution in [3.05, 3.63) is 47.0 Å². The van der Waals surface area contributed by atoms with Gasteiger partial charge in [-0.3, -0.25) is 0 Å². The second-order valence-electron chi connectivity index (χ2n) is 4.61. The van der Waals surface area contributed by atoms with Crippen LogP contribution in [-0.2, 0) is 6.42 Å². The second kappa shape index (κ2) is 5.74. The predicted molar refractivity (Wildman–Crippen MR) is 76.9 cm³/mol. The Labute approximate surface area is 118 Å². The highest BCUT2D eigenvalue weighted by atomic mass is 16.5. The lowest BCUT2D eigenvalue weighted by molar-refractivity contribution is 0.370. The van der Waals surface area contributed by atoms with Gasteiger partial charge in [0.25, 0.3) is 0 Å². The molecule has 0 aliphatic carbocycles. The number of hydrogen-bond acceptors (Lipinski definition) is 4. The van der Waals surface area contributed by atoms with Crippen LogP contribution < -0.4 is 9.47 Å². The topological polar surface area (TPSA) is 58.9 Å². The summed E-state index contributed by atoms with van der Waals surface area (Å²) in [5, 5.41) is 19.9. The van der Waals surface area contributed by atoms with Gasteiger partial charge in [0, 0.05) is 12.0 Å². The third-order valence-corrected chi connectivity index (χ3v) is 3.24. The minimum atomic E-state index is 0.139. The minimum absolute atomic E-state index is 0.139. The average molecular weight is 274 g/mol. The summed E-state index contributed by atoms with van der Waals surface area (Å²) in [5.41, 5.74) is 2.44. The number of phenolic OH excluding ortho intramolecular Hbond substituents is 2. The fourth-order valence-electron chi connectivity index (χ4n) is 2.17. The van der Waals surface area contributed by atoms with Gasteiger partial charge in [0.15, 0.2) is 23.0 Å². The first-order chi connectivity index (χ1) is 9.56. The summed E-state index contributed by atoms with van der Waals surface area (Å²) in [6.07, 6.45) is 0.528. The Morgan fingerprint density at radius 2 is 1.65 bits per heavy atom. The standard InChI is InChI=1S/C16H18O4/c1-10-7-11(9-14(20-3)15(10)17)8-12-5-4-6-13(19-2)16(12)18/h4-7,9,17-18H,8H2,1-3H3. The fourth-order valence-corrected chi connectivity index (χ4v) is 2.17. The molecular formula is C16H18O4. The summed E-state index contributed by atoms with van der Waals surface area (Å²) >= 11 is 0. The molecule has 0 amide bonds. The van der Waals surface area contributed by atoms with Crippen molar-refractivity contribution < 1.29 is 19.7 Å². The van der Waals surface area contributed by atoms with Crippen LogP contribution in [0.1, 0.15) is 16.7 Å². The van der Waals surface area contributed by atoms with Crippen molar-refractivity contribution >= 4 is 0 Å². The highest BCUT2D eigenvalue weighted by Gasteiger charge is 2.11. The smallest absolute Gasteiger partial charge is 0.161 e. The number of aromatic hydroxyl groups is 2. The van der Waals surface area contributed by atoms with Crippen LogP contribution in [0.4, 0.5) is 0 Å². The van der Waals surface area contributed by atoms with Gasteiger partial charge < -0.3 is 19.7 Å². The maximum absolute atomic E-state index is 10.1. The van der Waals surface area contributed by atoms with Gasteiger partial charge >= 0.3 is 0 Å². The SMILES string of the molecule is COc1cc(Cc2cccc(OC)c2O)cc(C)c1O. The van der Waals surface area contributed by atoms with Crippen molar-refractivity contribution in [1.29, 1.82) is 0 Å². The van der Waals surface area contributed by atoms with E-state index in [1.807, 2.05) is 25.1 Å². The lowest BCUT2D eigenvalue weighted by Crippen LogP contribution is -1.94. The number of benzene rings is 2. The number of ether oxygens (including phenoxy) is 2. The molecule has 0 saturated heterocycles. The summed E-state index contributed by atoms with van der Waals surface area (Å²) < 4.78 is 10.2. The van der Waals surface area contributed by atoms with Crippen LogP contribution in [0.15, 0.2) is 30.3 Å². The summed E-state index contributed by atoms with van der Waals surface area (Å²) in [7, 11) is 3.04. The minimum Gasteiger partial charge on any atom is -0.504 e. The van der Waals surface area contributed by atoms with E-state index in [9.17, 15) is 10.2 Å². The molecule has 0 bridgehead atoms. The third kappa shape index (κ3) is 2.64. The molecule has 2 aromatic rings. The Morgan fingerprint density at radius 3 is 2.30 bits per heavy atom. The van der Waals surface area contributed by atoms with Crippen LogP contribution >= 0.6 is 0 Å². The van der Waals surface area contributed by atoms with Crippen molar-refractivity contribution in [2.24, 2.45) is 0 Å². The molecule has 106 valence electrons. The molecule has 0 spiro atoms. The van der Waals surface area contributed by atoms with Crippen LogP contribution in [-0.4, -0.2) is 24.4 Å². The van der Waals surface area contributed by atoms with E-state index < -0.39 is 0 Å². The maximum Gasteiger partial charge on any atom is 0.161 e. The molecule has 0 unspecified atom stereocenters. The normalized spacial score (nSPS) is 10.3. The Morgan fingerprint density at radius 1 is 0.950 bits per heavy atom. The first kappa shape index (κ1) is 14.1. The number of hydrogen-bond donors (Lipinski definition) is 2. The molecule has 0 fully saturated rings. The van der Waals surface area contributed by atoms with E-state index in [0.29, 0.717) is 17.9 Å². The lowest BCUT2D eigenvalue weighted by atomic mass is 10.0. The molecular weight excluding hydrogens is 256 g/mol. The largest absolute Gasteiger partial charge is 0.504 e. The monoisotopic (exact) mass is 274 g/mol. The zero-order chi connectivity index (χ0) is 14.7. The first-order valence-corrected chi connectivity index (χ1v) is 6.28. The van der Waals surface area contributed by atoms with Gasteiger partial charge in [-0.25, -0.2) is 0 Å². The van der Waals surface area contributed by atoms with E-state index in [1.165, 1.54) is 14.2 Å². The number of rotatable bonds is 4. The number of para-hydroxylation sites is 1. The van der Waals surface area contributed by atoms with Crippen LogP contribution in [0.3, 0.4) is 0 Å². The molecule has 0 radical (unpaired) electrons. The van der Waals surface area contributed by atoms with E-state index in [4.69, 9.17) is 9.47 Å². The van der Waals surface area contributed by atoms with Crippen molar-refractivity contribution in [2.45, 2.75) is 13.3 Å². The Kier molecular flexibility index (Phi) is 4.03. The van der Waals surface area contributed by atoms with Gasteiger partial charge in [-0.1, -0.05) is 18.2 Å². The van der Waals surface area contributed by atoms with Gasteiger partial charge in [-0.05, 0) is 30.2 Å². The predicted octanol–water partition coefficient (Wildman–Crippen LogP) is 3.01.